The van der Waals surface area contributed by atoms with E-state index < -0.39 is 5.97 Å². The van der Waals surface area contributed by atoms with Crippen molar-refractivity contribution in [3.8, 4) is 0 Å². The molecule has 2 saturated carbocycles. The molecule has 5 nitrogen and oxygen atoms in total. The fourth-order valence-electron chi connectivity index (χ4n) is 4.72. The summed E-state index contributed by atoms with van der Waals surface area (Å²) in [4.78, 5) is 25.8. The normalized spacial score (nSPS) is 38.7. The molecular weight excluding hydrogens is 268 g/mol. The Kier molecular flexibility index (Phi) is 4.20. The van der Waals surface area contributed by atoms with Crippen LogP contribution in [0.1, 0.15) is 45.4 Å². The molecule has 2 N–H and O–H groups in total. The minimum absolute atomic E-state index is 0.00898. The number of nitrogens with one attached hydrogen (secondary N) is 1. The Balaban J connectivity index is 1.56. The molecule has 0 aromatic carbocycles. The highest BCUT2D eigenvalue weighted by molar-refractivity contribution is 5.79. The van der Waals surface area contributed by atoms with Crippen LogP contribution >= 0.6 is 0 Å². The summed E-state index contributed by atoms with van der Waals surface area (Å²) in [6.07, 6.45) is 6.53. The van der Waals surface area contributed by atoms with Gasteiger partial charge < -0.3 is 15.3 Å². The lowest BCUT2D eigenvalue weighted by atomic mass is 9.84. The van der Waals surface area contributed by atoms with E-state index >= 15 is 0 Å². The second-order valence-corrected chi connectivity index (χ2v) is 7.04. The molecule has 3 rings (SSSR count). The maximum absolute atomic E-state index is 12.4. The van der Waals surface area contributed by atoms with Gasteiger partial charge in [0, 0.05) is 18.6 Å². The van der Waals surface area contributed by atoms with Crippen molar-refractivity contribution in [1.82, 2.24) is 10.2 Å². The minimum atomic E-state index is -0.696. The summed E-state index contributed by atoms with van der Waals surface area (Å²) in [5.74, 6) is -0.0976. The third-order valence-electron chi connectivity index (χ3n) is 5.81. The van der Waals surface area contributed by atoms with Gasteiger partial charge in [0.05, 0.1) is 12.5 Å². The van der Waals surface area contributed by atoms with E-state index in [-0.39, 0.29) is 17.9 Å². The fourth-order valence-corrected chi connectivity index (χ4v) is 4.72. The van der Waals surface area contributed by atoms with Gasteiger partial charge in [0.25, 0.3) is 0 Å². The lowest BCUT2D eigenvalue weighted by Crippen LogP contribution is -2.51. The summed E-state index contributed by atoms with van der Waals surface area (Å²) in [6.45, 7) is 3.25. The van der Waals surface area contributed by atoms with Gasteiger partial charge in [-0.1, -0.05) is 0 Å². The molecule has 21 heavy (non-hydrogen) atoms. The number of rotatable bonds is 4. The predicted molar refractivity (Wildman–Crippen MR) is 78.8 cm³/mol. The predicted octanol–water partition coefficient (Wildman–Crippen LogP) is 1.48. The van der Waals surface area contributed by atoms with E-state index in [1.807, 2.05) is 4.90 Å². The van der Waals surface area contributed by atoms with Crippen LogP contribution in [0.15, 0.2) is 0 Å². The molecule has 0 aromatic rings. The number of likely N-dealkylation sites (tertiary alicyclic amines) is 1. The molecule has 1 heterocycles. The van der Waals surface area contributed by atoms with E-state index in [0.717, 1.165) is 38.6 Å². The monoisotopic (exact) mass is 294 g/mol. The number of hydrogen-bond acceptors (Lipinski definition) is 3. The Morgan fingerprint density at radius 1 is 1.19 bits per heavy atom. The molecule has 1 saturated heterocycles. The fraction of sp³-hybridized carbons (Fsp3) is 0.875. The number of carbonyl (C=O) groups is 2. The van der Waals surface area contributed by atoms with E-state index in [2.05, 4.69) is 12.2 Å². The molecule has 5 heteroatoms. The molecule has 3 aliphatic rings. The van der Waals surface area contributed by atoms with Crippen molar-refractivity contribution in [2.75, 3.05) is 13.1 Å². The highest BCUT2D eigenvalue weighted by Gasteiger charge is 2.50. The molecule has 2 aliphatic carbocycles. The summed E-state index contributed by atoms with van der Waals surface area (Å²) < 4.78 is 0. The van der Waals surface area contributed by atoms with Crippen molar-refractivity contribution in [2.24, 2.45) is 17.8 Å². The van der Waals surface area contributed by atoms with Gasteiger partial charge in [0.15, 0.2) is 0 Å². The van der Waals surface area contributed by atoms with Gasteiger partial charge in [-0.05, 0) is 57.3 Å². The van der Waals surface area contributed by atoms with Crippen LogP contribution in [-0.2, 0) is 9.59 Å². The number of nitrogens with zero attached hydrogens (tertiary/aromatic N) is 1. The molecule has 118 valence electrons. The second kappa shape index (κ2) is 5.95. The molecule has 3 fully saturated rings. The smallest absolute Gasteiger partial charge is 0.308 e. The molecule has 2 bridgehead atoms. The zero-order valence-corrected chi connectivity index (χ0v) is 12.8. The summed E-state index contributed by atoms with van der Waals surface area (Å²) in [5.41, 5.74) is 0. The molecule has 5 atom stereocenters. The van der Waals surface area contributed by atoms with Crippen molar-refractivity contribution >= 4 is 11.9 Å². The summed E-state index contributed by atoms with van der Waals surface area (Å²) in [5, 5.41) is 12.7. The largest absolute Gasteiger partial charge is 0.481 e. The van der Waals surface area contributed by atoms with Crippen LogP contribution in [0.3, 0.4) is 0 Å². The lowest BCUT2D eigenvalue weighted by molar-refractivity contribution is -0.145. The van der Waals surface area contributed by atoms with Crippen LogP contribution in [-0.4, -0.2) is 47.1 Å². The highest BCUT2D eigenvalue weighted by Crippen LogP contribution is 2.48. The standard InChI is InChI=1S/C16H26N2O3/c1-10-4-2-3-7-18(10)13(19)9-17-15-12-6-5-11(8-12)14(15)16(20)21/h10-12,14-15,17H,2-9H2,1H3,(H,20,21). The number of carbonyl (C=O) groups excluding carboxylic acids is 1. The zero-order chi connectivity index (χ0) is 15.0. The van der Waals surface area contributed by atoms with Crippen molar-refractivity contribution in [3.63, 3.8) is 0 Å². The van der Waals surface area contributed by atoms with E-state index in [1.54, 1.807) is 0 Å². The quantitative estimate of drug-likeness (QED) is 0.824. The van der Waals surface area contributed by atoms with Gasteiger partial charge in [-0.15, -0.1) is 0 Å². The van der Waals surface area contributed by atoms with Crippen LogP contribution in [0.5, 0.6) is 0 Å². The molecule has 0 aromatic heterocycles. The van der Waals surface area contributed by atoms with Gasteiger partial charge in [-0.2, -0.15) is 0 Å². The van der Waals surface area contributed by atoms with Crippen molar-refractivity contribution in [1.29, 1.82) is 0 Å². The van der Waals surface area contributed by atoms with Crippen LogP contribution in [0.4, 0.5) is 0 Å². The SMILES string of the molecule is CC1CCCCN1C(=O)CNC1C2CCC(C2)C1C(=O)O. The number of fused-ring (bicyclic) bond motifs is 2. The topological polar surface area (TPSA) is 69.6 Å². The maximum atomic E-state index is 12.4. The minimum Gasteiger partial charge on any atom is -0.481 e. The van der Waals surface area contributed by atoms with E-state index in [9.17, 15) is 14.7 Å². The number of carboxylic acids is 1. The Morgan fingerprint density at radius 3 is 2.67 bits per heavy atom. The Bertz CT molecular complexity index is 426. The molecule has 5 unspecified atom stereocenters. The second-order valence-electron chi connectivity index (χ2n) is 7.04. The van der Waals surface area contributed by atoms with Crippen molar-refractivity contribution in [3.05, 3.63) is 0 Å². The first-order chi connectivity index (χ1) is 10.1. The zero-order valence-electron chi connectivity index (χ0n) is 12.8. The summed E-state index contributed by atoms with van der Waals surface area (Å²) in [6, 6.07) is 0.314. The number of carboxylic acid groups (broad SMARTS) is 1. The van der Waals surface area contributed by atoms with E-state index in [0.29, 0.717) is 24.4 Å². The van der Waals surface area contributed by atoms with Crippen LogP contribution in [0.2, 0.25) is 0 Å². The van der Waals surface area contributed by atoms with Crippen LogP contribution < -0.4 is 5.32 Å². The van der Waals surface area contributed by atoms with Gasteiger partial charge in [0.2, 0.25) is 5.91 Å². The number of hydrogen-bond donors (Lipinski definition) is 2. The van der Waals surface area contributed by atoms with Crippen molar-refractivity contribution in [2.45, 2.75) is 57.5 Å². The summed E-state index contributed by atoms with van der Waals surface area (Å²) >= 11 is 0. The Hall–Kier alpha value is -1.10. The number of amides is 1. The maximum Gasteiger partial charge on any atom is 0.308 e. The average molecular weight is 294 g/mol. The molecule has 1 aliphatic heterocycles. The molecular formula is C16H26N2O3. The first-order valence-electron chi connectivity index (χ1n) is 8.33. The van der Waals surface area contributed by atoms with Gasteiger partial charge >= 0.3 is 5.97 Å². The van der Waals surface area contributed by atoms with E-state index in [1.165, 1.54) is 6.42 Å². The third-order valence-corrected chi connectivity index (χ3v) is 5.81. The first-order valence-corrected chi connectivity index (χ1v) is 8.33. The van der Waals surface area contributed by atoms with E-state index in [4.69, 9.17) is 0 Å². The molecule has 0 spiro atoms. The van der Waals surface area contributed by atoms with Crippen LogP contribution in [0.25, 0.3) is 0 Å². The Labute approximate surface area is 126 Å². The highest BCUT2D eigenvalue weighted by atomic mass is 16.4. The van der Waals surface area contributed by atoms with Crippen LogP contribution in [0, 0.1) is 17.8 Å². The molecule has 1 amide bonds. The van der Waals surface area contributed by atoms with Gasteiger partial charge in [0.1, 0.15) is 0 Å². The number of piperidine rings is 1. The number of aliphatic carboxylic acids is 1. The summed E-state index contributed by atoms with van der Waals surface area (Å²) in [7, 11) is 0. The van der Waals surface area contributed by atoms with Gasteiger partial charge in [-0.25, -0.2) is 0 Å². The average Bonchev–Trinajstić information content (AvgIpc) is 3.05. The Morgan fingerprint density at radius 2 is 1.95 bits per heavy atom. The van der Waals surface area contributed by atoms with Crippen molar-refractivity contribution < 1.29 is 14.7 Å². The van der Waals surface area contributed by atoms with Gasteiger partial charge in [-0.3, -0.25) is 9.59 Å². The third kappa shape index (κ3) is 2.80. The molecule has 0 radical (unpaired) electrons. The first kappa shape index (κ1) is 14.8. The lowest BCUT2D eigenvalue weighted by Gasteiger charge is -2.35.